The summed E-state index contributed by atoms with van der Waals surface area (Å²) in [6.07, 6.45) is 4.18. The molecular weight excluding hydrogens is 580 g/mol. The number of nitrogens with two attached hydrogens (primary N) is 1. The van der Waals surface area contributed by atoms with Crippen molar-refractivity contribution in [3.8, 4) is 5.75 Å². The van der Waals surface area contributed by atoms with E-state index in [1.807, 2.05) is 0 Å². The van der Waals surface area contributed by atoms with E-state index >= 15 is 0 Å². The summed E-state index contributed by atoms with van der Waals surface area (Å²) in [5, 5.41) is 35.7. The third kappa shape index (κ3) is 5.80. The lowest BCUT2D eigenvalue weighted by Crippen LogP contribution is -2.71. The number of thioether (sulfide) groups is 1. The highest BCUT2D eigenvalue weighted by Crippen LogP contribution is 2.40. The van der Waals surface area contributed by atoms with Crippen molar-refractivity contribution in [2.45, 2.75) is 30.9 Å². The van der Waals surface area contributed by atoms with Crippen LogP contribution in [0.25, 0.3) is 6.08 Å². The molecule has 0 bridgehead atoms. The molecule has 6 N–H and O–H groups in total. The van der Waals surface area contributed by atoms with Gasteiger partial charge in [0.25, 0.3) is 11.8 Å². The van der Waals surface area contributed by atoms with Crippen LogP contribution in [0.15, 0.2) is 44.9 Å². The molecule has 4 heterocycles. The number of fused-ring (bicyclic) bond motifs is 1. The molecule has 0 aromatic carbocycles. The summed E-state index contributed by atoms with van der Waals surface area (Å²) >= 11 is 2.20. The lowest BCUT2D eigenvalue weighted by atomic mass is 10.0. The Hall–Kier alpha value is -4.64. The number of nitrogen functional groups attached to an aromatic ring is 1. The molecule has 1 saturated heterocycles. The molecule has 2 aliphatic heterocycles. The van der Waals surface area contributed by atoms with Crippen LogP contribution >= 0.6 is 23.1 Å². The van der Waals surface area contributed by atoms with Gasteiger partial charge in [0.1, 0.15) is 22.8 Å². The summed E-state index contributed by atoms with van der Waals surface area (Å²) in [6, 6.07) is 0.0569. The van der Waals surface area contributed by atoms with Crippen LogP contribution < -0.4 is 16.5 Å². The second kappa shape index (κ2) is 11.1. The van der Waals surface area contributed by atoms with Gasteiger partial charge in [-0.2, -0.15) is 0 Å². The van der Waals surface area contributed by atoms with Crippen molar-refractivity contribution in [3.63, 3.8) is 0 Å². The zero-order chi connectivity index (χ0) is 30.2. The Bertz CT molecular complexity index is 1610. The number of allylic oxidation sites excluding steroid dienone is 1. The average Bonchev–Trinajstić information content (AvgIpc) is 3.33. The molecule has 15 nitrogen and oxygen atoms in total. The van der Waals surface area contributed by atoms with Gasteiger partial charge in [-0.05, 0) is 25.5 Å². The van der Waals surface area contributed by atoms with Crippen LogP contribution in [-0.4, -0.2) is 82.0 Å². The van der Waals surface area contributed by atoms with Crippen molar-refractivity contribution in [1.29, 1.82) is 0 Å². The molecule has 17 heteroatoms. The maximum atomic E-state index is 13.2. The quantitative estimate of drug-likeness (QED) is 0.147. The Morgan fingerprint density at radius 1 is 1.27 bits per heavy atom. The number of anilines is 1. The summed E-state index contributed by atoms with van der Waals surface area (Å²) in [6.45, 7) is 2.45. The number of carboxylic acid groups (broad SMARTS) is 2. The predicted octanol–water partition coefficient (Wildman–Crippen LogP) is 0.166. The minimum absolute atomic E-state index is 0.00621. The van der Waals surface area contributed by atoms with Crippen LogP contribution in [0.4, 0.5) is 5.13 Å². The third-order valence-corrected chi connectivity index (χ3v) is 8.03. The first-order valence-corrected chi connectivity index (χ1v) is 13.6. The van der Waals surface area contributed by atoms with Gasteiger partial charge in [-0.25, -0.2) is 14.6 Å². The minimum atomic E-state index is -1.78. The normalized spacial score (nSPS) is 19.1. The number of amides is 2. The Morgan fingerprint density at radius 3 is 2.59 bits per heavy atom. The Kier molecular flexibility index (Phi) is 7.94. The average molecular weight is 605 g/mol. The second-order valence-electron chi connectivity index (χ2n) is 9.35. The molecule has 0 spiro atoms. The highest BCUT2D eigenvalue weighted by atomic mass is 32.2. The molecule has 2 aliphatic rings. The zero-order valence-electron chi connectivity index (χ0n) is 21.7. The smallest absolute Gasteiger partial charge is 0.352 e. The van der Waals surface area contributed by atoms with E-state index in [-0.39, 0.29) is 22.3 Å². The highest BCUT2D eigenvalue weighted by molar-refractivity contribution is 8.00. The van der Waals surface area contributed by atoms with Gasteiger partial charge in [-0.1, -0.05) is 11.2 Å². The molecule has 2 atom stereocenters. The molecule has 0 radical (unpaired) electrons. The monoisotopic (exact) mass is 604 g/mol. The predicted molar refractivity (Wildman–Crippen MR) is 148 cm³/mol. The number of carboxylic acids is 2. The number of nitrogens with zero attached hydrogens (tertiary/aromatic N) is 4. The number of β-lactam (4-membered cyclic amide) rings is 1. The highest BCUT2D eigenvalue weighted by Gasteiger charge is 2.54. The van der Waals surface area contributed by atoms with Crippen molar-refractivity contribution in [2.24, 2.45) is 12.2 Å². The van der Waals surface area contributed by atoms with Gasteiger partial charge in [-0.15, -0.1) is 23.1 Å². The number of carbonyl (C=O) groups is 4. The van der Waals surface area contributed by atoms with E-state index in [4.69, 9.17) is 10.6 Å². The topological polar surface area (TPSA) is 227 Å². The SMILES string of the molecule is Cn1cc(O)c(=O)cc1/C=C\C1=C(C(=O)O)N2C(=O)C(NC(=O)/C(=N\OC(C)(C)C(=O)O)c3csc(N)n3)C2SC1. The van der Waals surface area contributed by atoms with E-state index in [2.05, 4.69) is 15.5 Å². The number of aliphatic carboxylic acids is 2. The minimum Gasteiger partial charge on any atom is -0.503 e. The summed E-state index contributed by atoms with van der Waals surface area (Å²) in [5.74, 6) is -4.58. The van der Waals surface area contributed by atoms with Gasteiger partial charge < -0.3 is 35.8 Å². The first kappa shape index (κ1) is 29.3. The van der Waals surface area contributed by atoms with E-state index in [1.54, 1.807) is 7.05 Å². The van der Waals surface area contributed by atoms with Gasteiger partial charge in [0.15, 0.2) is 16.6 Å². The summed E-state index contributed by atoms with van der Waals surface area (Å²) < 4.78 is 1.48. The molecule has 216 valence electrons. The number of aromatic hydroxyl groups is 1. The van der Waals surface area contributed by atoms with Crippen molar-refractivity contribution in [2.75, 3.05) is 11.5 Å². The van der Waals surface area contributed by atoms with Crippen molar-refractivity contribution in [1.82, 2.24) is 19.8 Å². The molecule has 0 saturated carbocycles. The maximum Gasteiger partial charge on any atom is 0.352 e. The first-order chi connectivity index (χ1) is 19.2. The van der Waals surface area contributed by atoms with E-state index in [0.29, 0.717) is 11.3 Å². The van der Waals surface area contributed by atoms with Crippen LogP contribution in [-0.2, 0) is 31.1 Å². The fraction of sp³-hybridized carbons (Fsp3) is 0.292. The maximum absolute atomic E-state index is 13.2. The number of rotatable bonds is 9. The number of hydrogen-bond donors (Lipinski definition) is 5. The third-order valence-electron chi connectivity index (χ3n) is 6.06. The van der Waals surface area contributed by atoms with E-state index in [0.717, 1.165) is 16.2 Å². The zero-order valence-corrected chi connectivity index (χ0v) is 23.4. The van der Waals surface area contributed by atoms with Gasteiger partial charge >= 0.3 is 11.9 Å². The molecule has 4 rings (SSSR count). The van der Waals surface area contributed by atoms with Gasteiger partial charge in [0, 0.05) is 36.1 Å². The van der Waals surface area contributed by atoms with Gasteiger partial charge in [-0.3, -0.25) is 19.3 Å². The molecule has 41 heavy (non-hydrogen) atoms. The summed E-state index contributed by atoms with van der Waals surface area (Å²) in [4.78, 5) is 71.7. The lowest BCUT2D eigenvalue weighted by molar-refractivity contribution is -0.161. The number of aryl methyl sites for hydroxylation is 1. The number of pyridine rings is 1. The Balaban J connectivity index is 1.57. The lowest BCUT2D eigenvalue weighted by Gasteiger charge is -2.49. The number of thiazole rings is 1. The number of hydrogen-bond acceptors (Lipinski definition) is 12. The summed E-state index contributed by atoms with van der Waals surface area (Å²) in [7, 11) is 1.59. The standard InChI is InChI=1S/C24H24N6O9S2/c1-24(2,22(37)38)39-28-15(12-9-41-23(25)26-12)18(33)27-16-19(34)30-17(21(35)36)10(8-40-20(16)30)4-5-11-6-13(31)14(32)7-29(11)3/h4-7,9,16,20,32H,8H2,1-3H3,(H2,25,26)(H,27,33)(H,35,36)(H,37,38)/b5-4-,28-15-. The van der Waals surface area contributed by atoms with Gasteiger partial charge in [0.05, 0.1) is 0 Å². The summed E-state index contributed by atoms with van der Waals surface area (Å²) in [5.41, 5.74) is 3.25. The molecule has 0 aliphatic carbocycles. The molecule has 2 unspecified atom stereocenters. The van der Waals surface area contributed by atoms with Crippen molar-refractivity contribution < 1.29 is 39.3 Å². The second-order valence-corrected chi connectivity index (χ2v) is 11.3. The van der Waals surface area contributed by atoms with Crippen LogP contribution in [0.2, 0.25) is 0 Å². The largest absolute Gasteiger partial charge is 0.503 e. The number of aromatic nitrogens is 2. The first-order valence-electron chi connectivity index (χ1n) is 11.7. The van der Waals surface area contributed by atoms with Gasteiger partial charge in [0.2, 0.25) is 11.0 Å². The van der Waals surface area contributed by atoms with Crippen LogP contribution in [0.3, 0.4) is 0 Å². The van der Waals surface area contributed by atoms with E-state index < -0.39 is 57.7 Å². The Labute approximate surface area is 239 Å². The van der Waals surface area contributed by atoms with Crippen LogP contribution in [0, 0.1) is 0 Å². The molecule has 2 aromatic heterocycles. The number of oxime groups is 1. The van der Waals surface area contributed by atoms with Crippen molar-refractivity contribution in [3.05, 3.63) is 56.6 Å². The number of carbonyl (C=O) groups excluding carboxylic acids is 2. The number of nitrogens with one attached hydrogen (secondary N) is 1. The van der Waals surface area contributed by atoms with E-state index in [9.17, 15) is 39.3 Å². The van der Waals surface area contributed by atoms with Crippen molar-refractivity contribution >= 4 is 63.8 Å². The molecule has 2 amide bonds. The Morgan fingerprint density at radius 2 is 1.98 bits per heavy atom. The molecule has 2 aromatic rings. The molecular formula is C24H24N6O9S2. The fourth-order valence-corrected chi connectivity index (χ4v) is 5.63. The van der Waals surface area contributed by atoms with Crippen LogP contribution in [0.5, 0.6) is 5.75 Å². The van der Waals surface area contributed by atoms with E-state index in [1.165, 1.54) is 60.0 Å². The fourth-order valence-electron chi connectivity index (χ4n) is 3.76. The van der Waals surface area contributed by atoms with Crippen LogP contribution in [0.1, 0.15) is 25.2 Å². The molecule has 1 fully saturated rings.